The molecule has 7 heteroatoms. The zero-order chi connectivity index (χ0) is 16.8. The number of amides is 1. The molecule has 0 bridgehead atoms. The topological polar surface area (TPSA) is 91.8 Å². The number of anilines is 1. The maximum absolute atomic E-state index is 13.0. The summed E-state index contributed by atoms with van der Waals surface area (Å²) in [4.78, 5) is 31.8. The predicted molar refractivity (Wildman–Crippen MR) is 93.8 cm³/mol. The fraction of sp³-hybridized carbons (Fsp3) is 0.118. The van der Waals surface area contributed by atoms with E-state index < -0.39 is 0 Å². The highest BCUT2D eigenvalue weighted by Crippen LogP contribution is 2.25. The van der Waals surface area contributed by atoms with Gasteiger partial charge in [-0.3, -0.25) is 20.4 Å². The van der Waals surface area contributed by atoms with Gasteiger partial charge >= 0.3 is 0 Å². The van der Waals surface area contributed by atoms with E-state index in [0.29, 0.717) is 27.8 Å². The number of H-pyrrole nitrogens is 1. The number of aromatic nitrogens is 3. The number of aromatic amines is 1. The third kappa shape index (κ3) is 2.02. The third-order valence-corrected chi connectivity index (χ3v) is 4.05. The molecule has 0 spiro atoms. The SMILES string of the molecule is CC(=O)NNc1nc2ccc3[nH]c4ccccc4c(=O)c3c2n1C. The molecule has 2 aromatic heterocycles. The van der Waals surface area contributed by atoms with Crippen LogP contribution >= 0.6 is 0 Å². The summed E-state index contributed by atoms with van der Waals surface area (Å²) in [7, 11) is 1.80. The van der Waals surface area contributed by atoms with Crippen molar-refractivity contribution < 1.29 is 4.79 Å². The van der Waals surface area contributed by atoms with E-state index in [0.717, 1.165) is 11.0 Å². The van der Waals surface area contributed by atoms with E-state index in [1.54, 1.807) is 17.7 Å². The van der Waals surface area contributed by atoms with Crippen molar-refractivity contribution in [1.29, 1.82) is 0 Å². The lowest BCUT2D eigenvalue weighted by Gasteiger charge is -2.07. The van der Waals surface area contributed by atoms with E-state index in [1.165, 1.54) is 6.92 Å². The number of carbonyl (C=O) groups excluding carboxylic acids is 1. The summed E-state index contributed by atoms with van der Waals surface area (Å²) in [6.07, 6.45) is 0. The van der Waals surface area contributed by atoms with Gasteiger partial charge in [-0.05, 0) is 24.3 Å². The van der Waals surface area contributed by atoms with Gasteiger partial charge < -0.3 is 9.55 Å². The normalized spacial score (nSPS) is 11.2. The number of benzene rings is 2. The molecule has 1 amide bonds. The largest absolute Gasteiger partial charge is 0.354 e. The Labute approximate surface area is 136 Å². The summed E-state index contributed by atoms with van der Waals surface area (Å²) >= 11 is 0. The van der Waals surface area contributed by atoms with Crippen molar-refractivity contribution in [2.24, 2.45) is 7.05 Å². The molecule has 24 heavy (non-hydrogen) atoms. The van der Waals surface area contributed by atoms with Crippen molar-refractivity contribution in [1.82, 2.24) is 20.0 Å². The van der Waals surface area contributed by atoms with Crippen LogP contribution in [0.25, 0.3) is 32.8 Å². The van der Waals surface area contributed by atoms with Crippen molar-refractivity contribution in [3.05, 3.63) is 46.6 Å². The molecule has 0 aliphatic heterocycles. The minimum atomic E-state index is -0.226. The van der Waals surface area contributed by atoms with Gasteiger partial charge in [-0.25, -0.2) is 4.98 Å². The number of carbonyl (C=O) groups is 1. The van der Waals surface area contributed by atoms with E-state index >= 15 is 0 Å². The Morgan fingerprint density at radius 2 is 1.96 bits per heavy atom. The van der Waals surface area contributed by atoms with Crippen molar-refractivity contribution in [3.63, 3.8) is 0 Å². The minimum Gasteiger partial charge on any atom is -0.354 e. The van der Waals surface area contributed by atoms with Crippen molar-refractivity contribution in [2.75, 3.05) is 5.43 Å². The monoisotopic (exact) mass is 321 g/mol. The first kappa shape index (κ1) is 14.3. The van der Waals surface area contributed by atoms with E-state index in [4.69, 9.17) is 0 Å². The number of pyridine rings is 1. The lowest BCUT2D eigenvalue weighted by Crippen LogP contribution is -2.28. The molecule has 3 N–H and O–H groups in total. The van der Waals surface area contributed by atoms with Crippen LogP contribution < -0.4 is 16.3 Å². The lowest BCUT2D eigenvalue weighted by atomic mass is 10.1. The molecule has 0 saturated carbocycles. The van der Waals surface area contributed by atoms with E-state index in [9.17, 15) is 9.59 Å². The average molecular weight is 321 g/mol. The van der Waals surface area contributed by atoms with E-state index in [-0.39, 0.29) is 11.3 Å². The highest BCUT2D eigenvalue weighted by molar-refractivity contribution is 6.07. The average Bonchev–Trinajstić information content (AvgIpc) is 2.89. The van der Waals surface area contributed by atoms with Gasteiger partial charge in [0.15, 0.2) is 5.43 Å². The lowest BCUT2D eigenvalue weighted by molar-refractivity contribution is -0.118. The maximum atomic E-state index is 13.0. The zero-order valence-corrected chi connectivity index (χ0v) is 13.2. The molecule has 120 valence electrons. The Morgan fingerprint density at radius 1 is 1.17 bits per heavy atom. The molecule has 0 saturated heterocycles. The number of para-hydroxylation sites is 1. The van der Waals surface area contributed by atoms with E-state index in [1.807, 2.05) is 30.3 Å². The molecule has 0 aliphatic carbocycles. The van der Waals surface area contributed by atoms with Gasteiger partial charge in [-0.2, -0.15) is 0 Å². The van der Waals surface area contributed by atoms with Crippen LogP contribution in [-0.2, 0) is 11.8 Å². The van der Waals surface area contributed by atoms with Gasteiger partial charge in [0.25, 0.3) is 0 Å². The van der Waals surface area contributed by atoms with Gasteiger partial charge in [0.05, 0.1) is 21.9 Å². The molecule has 0 unspecified atom stereocenters. The van der Waals surface area contributed by atoms with Crippen LogP contribution in [0.1, 0.15) is 6.92 Å². The highest BCUT2D eigenvalue weighted by atomic mass is 16.2. The number of nitrogens with zero attached hydrogens (tertiary/aromatic N) is 2. The number of hydrazine groups is 1. The second-order valence-corrected chi connectivity index (χ2v) is 5.66. The summed E-state index contributed by atoms with van der Waals surface area (Å²) in [5.74, 6) is 0.232. The summed E-state index contributed by atoms with van der Waals surface area (Å²) < 4.78 is 1.76. The van der Waals surface area contributed by atoms with Gasteiger partial charge in [0.2, 0.25) is 11.9 Å². The molecule has 0 atom stereocenters. The molecular weight excluding hydrogens is 306 g/mol. The second kappa shape index (κ2) is 5.09. The van der Waals surface area contributed by atoms with Crippen molar-refractivity contribution in [3.8, 4) is 0 Å². The van der Waals surface area contributed by atoms with Crippen LogP contribution in [0.4, 0.5) is 5.95 Å². The third-order valence-electron chi connectivity index (χ3n) is 4.05. The van der Waals surface area contributed by atoms with Gasteiger partial charge in [0.1, 0.15) is 0 Å². The Morgan fingerprint density at radius 3 is 2.75 bits per heavy atom. The second-order valence-electron chi connectivity index (χ2n) is 5.66. The van der Waals surface area contributed by atoms with Crippen LogP contribution in [0.2, 0.25) is 0 Å². The number of imidazole rings is 1. The first-order chi connectivity index (χ1) is 11.6. The van der Waals surface area contributed by atoms with Crippen LogP contribution in [-0.4, -0.2) is 20.4 Å². The maximum Gasteiger partial charge on any atom is 0.235 e. The Kier molecular flexibility index (Phi) is 3.02. The van der Waals surface area contributed by atoms with Crippen LogP contribution in [0.5, 0.6) is 0 Å². The van der Waals surface area contributed by atoms with Crippen LogP contribution in [0, 0.1) is 0 Å². The first-order valence-electron chi connectivity index (χ1n) is 7.49. The summed E-state index contributed by atoms with van der Waals surface area (Å²) in [5, 5.41) is 1.21. The number of fused-ring (bicyclic) bond motifs is 4. The summed E-state index contributed by atoms with van der Waals surface area (Å²) in [6, 6.07) is 11.1. The number of hydrogen-bond acceptors (Lipinski definition) is 4. The van der Waals surface area contributed by atoms with Crippen molar-refractivity contribution in [2.45, 2.75) is 6.92 Å². The fourth-order valence-corrected chi connectivity index (χ4v) is 2.96. The number of hydrogen-bond donors (Lipinski definition) is 3. The predicted octanol–water partition coefficient (Wildman–Crippen LogP) is 2.03. The number of rotatable bonds is 2. The van der Waals surface area contributed by atoms with Crippen LogP contribution in [0.15, 0.2) is 41.2 Å². The minimum absolute atomic E-state index is 0.0426. The first-order valence-corrected chi connectivity index (χ1v) is 7.49. The molecule has 0 aliphatic rings. The molecule has 7 nitrogen and oxygen atoms in total. The molecule has 2 aromatic carbocycles. The van der Waals surface area contributed by atoms with Gasteiger partial charge in [-0.1, -0.05) is 12.1 Å². The fourth-order valence-electron chi connectivity index (χ4n) is 2.96. The highest BCUT2D eigenvalue weighted by Gasteiger charge is 2.15. The van der Waals surface area contributed by atoms with Crippen LogP contribution in [0.3, 0.4) is 0 Å². The Balaban J connectivity index is 2.07. The van der Waals surface area contributed by atoms with Gasteiger partial charge in [0, 0.05) is 24.9 Å². The zero-order valence-electron chi connectivity index (χ0n) is 13.2. The number of nitrogens with one attached hydrogen (secondary N) is 3. The quantitative estimate of drug-likeness (QED) is 0.389. The molecule has 0 radical (unpaired) electrons. The Hall–Kier alpha value is -3.35. The smallest absolute Gasteiger partial charge is 0.235 e. The van der Waals surface area contributed by atoms with Crippen molar-refractivity contribution >= 4 is 44.7 Å². The molecular formula is C17H15N5O2. The molecule has 4 aromatic rings. The van der Waals surface area contributed by atoms with E-state index in [2.05, 4.69) is 20.8 Å². The summed E-state index contributed by atoms with van der Waals surface area (Å²) in [5.41, 5.74) is 8.16. The Bertz CT molecular complexity index is 1170. The molecule has 2 heterocycles. The summed E-state index contributed by atoms with van der Waals surface area (Å²) in [6.45, 7) is 1.40. The molecule has 4 rings (SSSR count). The molecule has 0 fully saturated rings. The number of aryl methyl sites for hydroxylation is 1. The standard InChI is InChI=1S/C17H15N5O2/c1-9(23)20-21-17-19-13-8-7-12-14(15(13)22(17)2)16(24)10-5-3-4-6-11(10)18-12/h3-8H,1-2H3,(H,18,24)(H,19,21)(H,20,23). The van der Waals surface area contributed by atoms with Gasteiger partial charge in [-0.15, -0.1) is 0 Å².